The van der Waals surface area contributed by atoms with E-state index in [1.54, 1.807) is 12.1 Å². The highest BCUT2D eigenvalue weighted by Crippen LogP contribution is 2.38. The van der Waals surface area contributed by atoms with Crippen molar-refractivity contribution in [2.45, 2.75) is 33.2 Å². The molecule has 0 aliphatic heterocycles. The van der Waals surface area contributed by atoms with E-state index in [1.807, 2.05) is 0 Å². The Morgan fingerprint density at radius 3 is 1.93 bits per heavy atom. The van der Waals surface area contributed by atoms with E-state index in [0.29, 0.717) is 22.8 Å². The lowest BCUT2D eigenvalue weighted by Crippen LogP contribution is -2.31. The second-order valence-electron chi connectivity index (χ2n) is 6.70. The Labute approximate surface area is 161 Å². The molecular weight excluding hydrogens is 342 g/mol. The topological polar surface area (TPSA) is 56.8 Å². The van der Waals surface area contributed by atoms with Crippen LogP contribution in [0, 0.1) is 5.92 Å². The molecular formula is C22H29NO4. The van der Waals surface area contributed by atoms with Crippen LogP contribution in [0.15, 0.2) is 36.4 Å². The number of carbonyl (C=O) groups excluding carboxylic acids is 1. The molecule has 0 fully saturated rings. The number of nitrogens with one attached hydrogen (secondary N) is 1. The van der Waals surface area contributed by atoms with Crippen LogP contribution >= 0.6 is 0 Å². The molecule has 5 nitrogen and oxygen atoms in total. The Hall–Kier alpha value is -2.69. The normalized spacial score (nSPS) is 11.8. The van der Waals surface area contributed by atoms with Crippen molar-refractivity contribution in [1.29, 1.82) is 0 Å². The van der Waals surface area contributed by atoms with E-state index in [9.17, 15) is 4.79 Å². The molecule has 0 aliphatic rings. The summed E-state index contributed by atoms with van der Waals surface area (Å²) in [5.41, 5.74) is 2.82. The quantitative estimate of drug-likeness (QED) is 0.747. The summed E-state index contributed by atoms with van der Waals surface area (Å²) in [5, 5.41) is 3.14. The highest BCUT2D eigenvalue weighted by atomic mass is 16.5. The standard InChI is InChI=1S/C22H29NO4/c1-7-15-8-10-16(11-9-15)20(14(2)3)23-22(24)17-12-18(25-4)21(27-6)19(13-17)26-5/h8-14,20H,7H2,1-6H3,(H,23,24)/t20-/m1/s1. The second kappa shape index (κ2) is 9.31. The van der Waals surface area contributed by atoms with Crippen LogP contribution < -0.4 is 19.5 Å². The molecule has 0 unspecified atom stereocenters. The number of carbonyl (C=O) groups is 1. The zero-order valence-corrected chi connectivity index (χ0v) is 17.0. The summed E-state index contributed by atoms with van der Waals surface area (Å²) >= 11 is 0. The largest absolute Gasteiger partial charge is 0.493 e. The Morgan fingerprint density at radius 1 is 0.963 bits per heavy atom. The van der Waals surface area contributed by atoms with Crippen molar-refractivity contribution in [3.63, 3.8) is 0 Å². The molecule has 2 aromatic carbocycles. The van der Waals surface area contributed by atoms with Gasteiger partial charge in [0, 0.05) is 5.56 Å². The van der Waals surface area contributed by atoms with Gasteiger partial charge in [0.15, 0.2) is 11.5 Å². The van der Waals surface area contributed by atoms with Crippen molar-refractivity contribution in [1.82, 2.24) is 5.32 Å². The van der Waals surface area contributed by atoms with Crippen LogP contribution in [-0.4, -0.2) is 27.2 Å². The summed E-state index contributed by atoms with van der Waals surface area (Å²) in [5.74, 6) is 1.42. The maximum absolute atomic E-state index is 12.9. The van der Waals surface area contributed by atoms with E-state index in [1.165, 1.54) is 26.9 Å². The molecule has 0 aliphatic carbocycles. The first kappa shape index (κ1) is 20.6. The van der Waals surface area contributed by atoms with Crippen molar-refractivity contribution >= 4 is 5.91 Å². The van der Waals surface area contributed by atoms with Crippen molar-refractivity contribution in [3.8, 4) is 17.2 Å². The number of methoxy groups -OCH3 is 3. The predicted molar refractivity (Wildman–Crippen MR) is 107 cm³/mol. The summed E-state index contributed by atoms with van der Waals surface area (Å²) in [6.45, 7) is 6.31. The van der Waals surface area contributed by atoms with E-state index in [4.69, 9.17) is 14.2 Å². The third-order valence-electron chi connectivity index (χ3n) is 4.63. The summed E-state index contributed by atoms with van der Waals surface area (Å²) in [4.78, 5) is 12.9. The summed E-state index contributed by atoms with van der Waals surface area (Å²) in [6, 6.07) is 11.6. The van der Waals surface area contributed by atoms with Gasteiger partial charge in [-0.15, -0.1) is 0 Å². The van der Waals surface area contributed by atoms with Gasteiger partial charge in [0.25, 0.3) is 5.91 Å². The van der Waals surface area contributed by atoms with E-state index < -0.39 is 0 Å². The van der Waals surface area contributed by atoms with Crippen LogP contribution in [0.4, 0.5) is 0 Å². The fourth-order valence-corrected chi connectivity index (χ4v) is 3.03. The first-order valence-electron chi connectivity index (χ1n) is 9.14. The lowest BCUT2D eigenvalue weighted by atomic mass is 9.94. The van der Waals surface area contributed by atoms with E-state index in [-0.39, 0.29) is 17.9 Å². The van der Waals surface area contributed by atoms with Crippen LogP contribution in [0.25, 0.3) is 0 Å². The van der Waals surface area contributed by atoms with Crippen LogP contribution in [0.1, 0.15) is 48.3 Å². The predicted octanol–water partition coefficient (Wildman–Crippen LogP) is 4.40. The van der Waals surface area contributed by atoms with Gasteiger partial charge in [0.05, 0.1) is 27.4 Å². The van der Waals surface area contributed by atoms with E-state index in [2.05, 4.69) is 50.4 Å². The maximum Gasteiger partial charge on any atom is 0.252 e. The molecule has 0 heterocycles. The minimum absolute atomic E-state index is 0.0949. The molecule has 1 N–H and O–H groups in total. The summed E-state index contributed by atoms with van der Waals surface area (Å²) in [6.07, 6.45) is 0.990. The van der Waals surface area contributed by atoms with Crippen molar-refractivity contribution < 1.29 is 19.0 Å². The number of rotatable bonds is 8. The third kappa shape index (κ3) is 4.73. The zero-order chi connectivity index (χ0) is 20.0. The van der Waals surface area contributed by atoms with E-state index in [0.717, 1.165) is 12.0 Å². The molecule has 0 bridgehead atoms. The Morgan fingerprint density at radius 2 is 1.52 bits per heavy atom. The minimum atomic E-state index is -0.187. The lowest BCUT2D eigenvalue weighted by Gasteiger charge is -2.24. The molecule has 0 saturated carbocycles. The van der Waals surface area contributed by atoms with Gasteiger partial charge in [0.1, 0.15) is 0 Å². The molecule has 2 aromatic rings. The van der Waals surface area contributed by atoms with Crippen molar-refractivity contribution in [2.24, 2.45) is 5.92 Å². The van der Waals surface area contributed by atoms with Crippen LogP contribution in [0.2, 0.25) is 0 Å². The first-order chi connectivity index (χ1) is 12.9. The zero-order valence-electron chi connectivity index (χ0n) is 17.0. The number of hydrogen-bond acceptors (Lipinski definition) is 4. The van der Waals surface area contributed by atoms with Gasteiger partial charge in [-0.25, -0.2) is 0 Å². The molecule has 27 heavy (non-hydrogen) atoms. The highest BCUT2D eigenvalue weighted by Gasteiger charge is 2.22. The maximum atomic E-state index is 12.9. The van der Waals surface area contributed by atoms with Gasteiger partial charge in [-0.05, 0) is 35.6 Å². The number of ether oxygens (including phenoxy) is 3. The van der Waals surface area contributed by atoms with Crippen LogP contribution in [0.3, 0.4) is 0 Å². The summed E-state index contributed by atoms with van der Waals surface area (Å²) < 4.78 is 16.0. The van der Waals surface area contributed by atoms with Gasteiger partial charge >= 0.3 is 0 Å². The van der Waals surface area contributed by atoms with Gasteiger partial charge in [-0.3, -0.25) is 4.79 Å². The van der Waals surface area contributed by atoms with Gasteiger partial charge < -0.3 is 19.5 Å². The third-order valence-corrected chi connectivity index (χ3v) is 4.63. The Kier molecular flexibility index (Phi) is 7.11. The van der Waals surface area contributed by atoms with Crippen molar-refractivity contribution in [2.75, 3.05) is 21.3 Å². The molecule has 1 atom stereocenters. The SMILES string of the molecule is CCc1ccc([C@H](NC(=O)c2cc(OC)c(OC)c(OC)c2)C(C)C)cc1. The lowest BCUT2D eigenvalue weighted by molar-refractivity contribution is 0.0924. The second-order valence-corrected chi connectivity index (χ2v) is 6.70. The fourth-order valence-electron chi connectivity index (χ4n) is 3.03. The molecule has 5 heteroatoms. The monoisotopic (exact) mass is 371 g/mol. The van der Waals surface area contributed by atoms with Gasteiger partial charge in [-0.1, -0.05) is 45.0 Å². The first-order valence-corrected chi connectivity index (χ1v) is 9.14. The van der Waals surface area contributed by atoms with Crippen LogP contribution in [0.5, 0.6) is 17.2 Å². The molecule has 0 aromatic heterocycles. The van der Waals surface area contributed by atoms with Gasteiger partial charge in [-0.2, -0.15) is 0 Å². The van der Waals surface area contributed by atoms with Crippen LogP contribution in [-0.2, 0) is 6.42 Å². The number of amides is 1. The molecule has 1 amide bonds. The Bertz CT molecular complexity index is 743. The fraction of sp³-hybridized carbons (Fsp3) is 0.409. The van der Waals surface area contributed by atoms with E-state index >= 15 is 0 Å². The molecule has 146 valence electrons. The summed E-state index contributed by atoms with van der Waals surface area (Å²) in [7, 11) is 4.60. The number of hydrogen-bond donors (Lipinski definition) is 1. The number of benzene rings is 2. The highest BCUT2D eigenvalue weighted by molar-refractivity contribution is 5.96. The van der Waals surface area contributed by atoms with Gasteiger partial charge in [0.2, 0.25) is 5.75 Å². The van der Waals surface area contributed by atoms with Crippen molar-refractivity contribution in [3.05, 3.63) is 53.1 Å². The molecule has 0 saturated heterocycles. The molecule has 2 rings (SSSR count). The number of aryl methyl sites for hydroxylation is 1. The molecule has 0 radical (unpaired) electrons. The molecule has 0 spiro atoms. The Balaban J connectivity index is 2.32. The average Bonchev–Trinajstić information content (AvgIpc) is 2.70. The average molecular weight is 371 g/mol. The smallest absolute Gasteiger partial charge is 0.252 e. The minimum Gasteiger partial charge on any atom is -0.493 e.